The number of fused-ring (bicyclic) bond motifs is 3. The average molecular weight is 449 g/mol. The fourth-order valence-electron chi connectivity index (χ4n) is 5.78. The molecular weight excluding hydrogens is 417 g/mol. The highest BCUT2D eigenvalue weighted by Crippen LogP contribution is 2.45. The van der Waals surface area contributed by atoms with Crippen LogP contribution in [0.3, 0.4) is 0 Å². The largest absolute Gasteiger partial charge is 0.495 e. The van der Waals surface area contributed by atoms with Crippen LogP contribution >= 0.6 is 0 Å². The standard InChI is InChI=1S/C30H32BNO2/c1-29(2)30(3,4)34-31(33-29)26-19-18-22(20-25(26)21-12-6-5-7-13-21)32-27-16-10-8-14-23(27)24-15-9-11-17-28(24)32/h5-20,23-24,27-28H,1-4H3. The summed E-state index contributed by atoms with van der Waals surface area (Å²) in [6, 6.07) is 18.1. The maximum Gasteiger partial charge on any atom is 0.495 e. The molecule has 2 saturated heterocycles. The molecule has 172 valence electrons. The fourth-order valence-corrected chi connectivity index (χ4v) is 5.78. The zero-order valence-corrected chi connectivity index (χ0v) is 20.4. The zero-order valence-electron chi connectivity index (χ0n) is 20.4. The molecule has 0 bridgehead atoms. The van der Waals surface area contributed by atoms with Gasteiger partial charge in [0.1, 0.15) is 0 Å². The highest BCUT2D eigenvalue weighted by Gasteiger charge is 2.52. The topological polar surface area (TPSA) is 21.7 Å². The molecule has 4 atom stereocenters. The Balaban J connectivity index is 1.46. The minimum Gasteiger partial charge on any atom is -0.399 e. The summed E-state index contributed by atoms with van der Waals surface area (Å²) in [7, 11) is -0.400. The Bertz CT molecular complexity index is 1160. The lowest BCUT2D eigenvalue weighted by atomic mass is 9.74. The molecule has 4 unspecified atom stereocenters. The van der Waals surface area contributed by atoms with Crippen molar-refractivity contribution in [1.82, 2.24) is 0 Å². The molecule has 0 spiro atoms. The number of allylic oxidation sites excluding steroid dienone is 4. The van der Waals surface area contributed by atoms with Crippen molar-refractivity contribution >= 4 is 18.3 Å². The summed E-state index contributed by atoms with van der Waals surface area (Å²) < 4.78 is 12.9. The summed E-state index contributed by atoms with van der Waals surface area (Å²) in [5.41, 5.74) is 3.92. The molecule has 0 amide bonds. The van der Waals surface area contributed by atoms with Gasteiger partial charge in [0, 0.05) is 17.5 Å². The second-order valence-corrected chi connectivity index (χ2v) is 10.8. The molecule has 0 aromatic heterocycles. The third kappa shape index (κ3) is 3.35. The highest BCUT2D eigenvalue weighted by atomic mass is 16.7. The van der Waals surface area contributed by atoms with Gasteiger partial charge in [0.2, 0.25) is 0 Å². The van der Waals surface area contributed by atoms with Crippen molar-refractivity contribution in [3.8, 4) is 11.1 Å². The maximum absolute atomic E-state index is 6.47. The third-order valence-corrected chi connectivity index (χ3v) is 8.31. The summed E-state index contributed by atoms with van der Waals surface area (Å²) in [6.45, 7) is 8.44. The van der Waals surface area contributed by atoms with Crippen LogP contribution in [-0.4, -0.2) is 30.4 Å². The van der Waals surface area contributed by atoms with Crippen LogP contribution in [0.4, 0.5) is 5.69 Å². The predicted octanol–water partition coefficient (Wildman–Crippen LogP) is 5.69. The molecule has 4 aliphatic rings. The van der Waals surface area contributed by atoms with Gasteiger partial charge in [-0.05, 0) is 56.4 Å². The molecule has 6 rings (SSSR count). The summed E-state index contributed by atoms with van der Waals surface area (Å²) in [5, 5.41) is 0. The lowest BCUT2D eigenvalue weighted by Gasteiger charge is -2.32. The first-order valence-electron chi connectivity index (χ1n) is 12.4. The van der Waals surface area contributed by atoms with Crippen molar-refractivity contribution in [3.63, 3.8) is 0 Å². The van der Waals surface area contributed by atoms with Crippen molar-refractivity contribution < 1.29 is 9.31 Å². The van der Waals surface area contributed by atoms with Crippen molar-refractivity contribution in [2.45, 2.75) is 51.0 Å². The van der Waals surface area contributed by atoms with Crippen LogP contribution in [0.25, 0.3) is 11.1 Å². The predicted molar refractivity (Wildman–Crippen MR) is 141 cm³/mol. The molecule has 2 heterocycles. The maximum atomic E-state index is 6.47. The number of benzene rings is 2. The van der Waals surface area contributed by atoms with Crippen molar-refractivity contribution in [2.75, 3.05) is 4.90 Å². The molecule has 2 aromatic carbocycles. The SMILES string of the molecule is CC1(C)OB(c2ccc(N3C4C=CC=CC4C4C=CC=CC43)cc2-c2ccccc2)OC1(C)C. The van der Waals surface area contributed by atoms with E-state index in [1.54, 1.807) is 0 Å². The molecular formula is C30H32BNO2. The minimum absolute atomic E-state index is 0.346. The van der Waals surface area contributed by atoms with Crippen LogP contribution in [-0.2, 0) is 9.31 Å². The van der Waals surface area contributed by atoms with E-state index < -0.39 is 7.12 Å². The molecule has 2 fully saturated rings. The Labute approximate surface area is 203 Å². The summed E-state index contributed by atoms with van der Waals surface area (Å²) in [6.07, 6.45) is 18.2. The zero-order chi connectivity index (χ0) is 23.5. The van der Waals surface area contributed by atoms with E-state index in [1.807, 2.05) is 0 Å². The molecule has 4 heteroatoms. The van der Waals surface area contributed by atoms with Gasteiger partial charge in [0.05, 0.1) is 23.3 Å². The van der Waals surface area contributed by atoms with E-state index in [0.717, 1.165) is 5.46 Å². The molecule has 3 nitrogen and oxygen atoms in total. The van der Waals surface area contributed by atoms with Gasteiger partial charge < -0.3 is 14.2 Å². The van der Waals surface area contributed by atoms with Gasteiger partial charge in [0.25, 0.3) is 0 Å². The van der Waals surface area contributed by atoms with Crippen LogP contribution in [0.1, 0.15) is 27.7 Å². The average Bonchev–Trinajstić information content (AvgIpc) is 3.29. The smallest absolute Gasteiger partial charge is 0.399 e. The van der Waals surface area contributed by atoms with Gasteiger partial charge >= 0.3 is 7.12 Å². The van der Waals surface area contributed by atoms with E-state index in [4.69, 9.17) is 9.31 Å². The van der Waals surface area contributed by atoms with E-state index in [-0.39, 0.29) is 11.2 Å². The van der Waals surface area contributed by atoms with Crippen molar-refractivity contribution in [3.05, 3.63) is 97.1 Å². The van der Waals surface area contributed by atoms with Gasteiger partial charge in [0.15, 0.2) is 0 Å². The Hall–Kier alpha value is -2.82. The van der Waals surface area contributed by atoms with Gasteiger partial charge in [-0.2, -0.15) is 0 Å². The molecule has 2 aliphatic carbocycles. The second-order valence-electron chi connectivity index (χ2n) is 10.8. The summed E-state index contributed by atoms with van der Waals surface area (Å²) >= 11 is 0. The van der Waals surface area contributed by atoms with E-state index >= 15 is 0 Å². The summed E-state index contributed by atoms with van der Waals surface area (Å²) in [5.74, 6) is 0.971. The Morgan fingerprint density at radius 2 is 1.26 bits per heavy atom. The van der Waals surface area contributed by atoms with Gasteiger partial charge in [-0.1, -0.05) is 85.0 Å². The van der Waals surface area contributed by atoms with Gasteiger partial charge in [-0.25, -0.2) is 0 Å². The fraction of sp³-hybridized carbons (Fsp3) is 0.333. The van der Waals surface area contributed by atoms with E-state index in [1.165, 1.54) is 16.8 Å². The molecule has 0 N–H and O–H groups in total. The molecule has 34 heavy (non-hydrogen) atoms. The number of rotatable bonds is 3. The normalized spacial score (nSPS) is 30.0. The first-order valence-corrected chi connectivity index (χ1v) is 12.4. The van der Waals surface area contributed by atoms with Gasteiger partial charge in [-0.3, -0.25) is 0 Å². The van der Waals surface area contributed by atoms with E-state index in [0.29, 0.717) is 23.9 Å². The minimum atomic E-state index is -0.400. The van der Waals surface area contributed by atoms with Crippen LogP contribution < -0.4 is 10.4 Å². The quantitative estimate of drug-likeness (QED) is 0.562. The molecule has 2 aliphatic heterocycles. The number of hydrogen-bond acceptors (Lipinski definition) is 3. The molecule has 2 aromatic rings. The third-order valence-electron chi connectivity index (χ3n) is 8.31. The van der Waals surface area contributed by atoms with Crippen LogP contribution in [0.2, 0.25) is 0 Å². The molecule has 0 saturated carbocycles. The van der Waals surface area contributed by atoms with Gasteiger partial charge in [-0.15, -0.1) is 0 Å². The number of anilines is 1. The highest BCUT2D eigenvalue weighted by molar-refractivity contribution is 6.64. The lowest BCUT2D eigenvalue weighted by Crippen LogP contribution is -2.41. The Morgan fingerprint density at radius 1 is 0.706 bits per heavy atom. The molecule has 0 radical (unpaired) electrons. The first-order chi connectivity index (χ1) is 16.4. The monoisotopic (exact) mass is 449 g/mol. The summed E-state index contributed by atoms with van der Waals surface area (Å²) in [4.78, 5) is 2.59. The number of hydrogen-bond donors (Lipinski definition) is 0. The van der Waals surface area contributed by atoms with Crippen LogP contribution in [0.5, 0.6) is 0 Å². The lowest BCUT2D eigenvalue weighted by molar-refractivity contribution is 0.00578. The Kier molecular flexibility index (Phi) is 5.02. The van der Waals surface area contributed by atoms with Crippen LogP contribution in [0, 0.1) is 11.8 Å². The van der Waals surface area contributed by atoms with Crippen molar-refractivity contribution in [2.24, 2.45) is 11.8 Å². The second kappa shape index (κ2) is 7.86. The van der Waals surface area contributed by atoms with E-state index in [9.17, 15) is 0 Å². The first kappa shape index (κ1) is 21.7. The van der Waals surface area contributed by atoms with Crippen molar-refractivity contribution in [1.29, 1.82) is 0 Å². The Morgan fingerprint density at radius 3 is 1.85 bits per heavy atom. The van der Waals surface area contributed by atoms with Crippen LogP contribution in [0.15, 0.2) is 97.1 Å². The van der Waals surface area contributed by atoms with E-state index in [2.05, 4.69) is 130 Å². The number of nitrogens with zero attached hydrogens (tertiary/aromatic N) is 1.